The summed E-state index contributed by atoms with van der Waals surface area (Å²) in [7, 11) is 0. The van der Waals surface area contributed by atoms with E-state index in [1.807, 2.05) is 24.3 Å². The Kier molecular flexibility index (Phi) is 4.77. The average molecular weight is 370 g/mol. The molecule has 1 nitrogen and oxygen atoms in total. The molecule has 0 saturated heterocycles. The highest BCUT2D eigenvalue weighted by Crippen LogP contribution is 2.43. The van der Waals surface area contributed by atoms with E-state index in [-0.39, 0.29) is 5.92 Å². The molecule has 0 fully saturated rings. The minimum absolute atomic E-state index is 0.0705. The van der Waals surface area contributed by atoms with E-state index in [2.05, 4.69) is 79.7 Å². The van der Waals surface area contributed by atoms with Gasteiger partial charge in [0.15, 0.2) is 0 Å². The predicted octanol–water partition coefficient (Wildman–Crippen LogP) is 6.07. The lowest BCUT2D eigenvalue weighted by molar-refractivity contribution is 0.514. The van der Waals surface area contributed by atoms with Gasteiger partial charge in [0, 0.05) is 10.8 Å². The molecule has 2 atom stereocenters. The molecule has 2 N–H and O–H groups in total. The van der Waals surface area contributed by atoms with Crippen LogP contribution in [0.25, 0.3) is 16.7 Å². The quantitative estimate of drug-likeness (QED) is 0.539. The van der Waals surface area contributed by atoms with E-state index in [1.165, 1.54) is 16.7 Å². The van der Waals surface area contributed by atoms with E-state index in [1.54, 1.807) is 0 Å². The maximum Gasteiger partial charge on any atom is 0.0549 e. The fourth-order valence-electron chi connectivity index (χ4n) is 3.76. The highest BCUT2D eigenvalue weighted by atomic mass is 32.1. The summed E-state index contributed by atoms with van der Waals surface area (Å²) in [6.07, 6.45) is 4.37. The van der Waals surface area contributed by atoms with Gasteiger partial charge in [0.2, 0.25) is 0 Å². The summed E-state index contributed by atoms with van der Waals surface area (Å²) in [4.78, 5) is 0.923. The van der Waals surface area contributed by atoms with Crippen molar-refractivity contribution in [2.75, 3.05) is 0 Å². The lowest BCUT2D eigenvalue weighted by Crippen LogP contribution is -2.44. The van der Waals surface area contributed by atoms with Gasteiger partial charge < -0.3 is 5.73 Å². The number of benzene rings is 3. The first-order chi connectivity index (χ1) is 13.1. The molecule has 0 heterocycles. The Balaban J connectivity index is 1.73. The van der Waals surface area contributed by atoms with Gasteiger partial charge in [0.1, 0.15) is 0 Å². The summed E-state index contributed by atoms with van der Waals surface area (Å²) in [5.74, 6) is 0.0705. The molecule has 0 saturated carbocycles. The van der Waals surface area contributed by atoms with Crippen LogP contribution in [0.15, 0.2) is 102 Å². The van der Waals surface area contributed by atoms with Crippen LogP contribution < -0.4 is 5.73 Å². The second-order valence-corrected chi connectivity index (χ2v) is 7.69. The van der Waals surface area contributed by atoms with Crippen LogP contribution in [0.5, 0.6) is 0 Å². The van der Waals surface area contributed by atoms with E-state index >= 15 is 0 Å². The van der Waals surface area contributed by atoms with E-state index in [0.29, 0.717) is 0 Å². The number of nitrogens with two attached hydrogens (primary N) is 1. The zero-order valence-electron chi connectivity index (χ0n) is 15.3. The Morgan fingerprint density at radius 1 is 0.778 bits per heavy atom. The Hall–Kier alpha value is -2.55. The van der Waals surface area contributed by atoms with Gasteiger partial charge >= 0.3 is 0 Å². The summed E-state index contributed by atoms with van der Waals surface area (Å²) >= 11 is 4.86. The van der Waals surface area contributed by atoms with Crippen LogP contribution in [0, 0.1) is 0 Å². The maximum atomic E-state index is 6.83. The molecule has 0 radical (unpaired) electrons. The van der Waals surface area contributed by atoms with Gasteiger partial charge in [-0.2, -0.15) is 0 Å². The van der Waals surface area contributed by atoms with Gasteiger partial charge in [-0.3, -0.25) is 0 Å². The molecule has 27 heavy (non-hydrogen) atoms. The molecule has 1 aliphatic rings. The standard InChI is InChI=1S/C25H23NS/c1-25(26)23(16-15-22(24(25)27)19-11-6-3-7-12-19)21-14-8-13-20(17-21)18-9-4-2-5-10-18/h2-17,23,27H,26H2,1H3. The molecule has 2 unspecified atom stereocenters. The summed E-state index contributed by atoms with van der Waals surface area (Å²) in [6.45, 7) is 2.07. The molecule has 0 bridgehead atoms. The zero-order chi connectivity index (χ0) is 18.9. The fourth-order valence-corrected chi connectivity index (χ4v) is 4.10. The number of hydrogen-bond acceptors (Lipinski definition) is 2. The lowest BCUT2D eigenvalue weighted by Gasteiger charge is -2.37. The monoisotopic (exact) mass is 369 g/mol. The predicted molar refractivity (Wildman–Crippen MR) is 119 cm³/mol. The second kappa shape index (κ2) is 7.22. The molecule has 134 valence electrons. The third kappa shape index (κ3) is 3.39. The van der Waals surface area contributed by atoms with Crippen LogP contribution in [0.4, 0.5) is 0 Å². The molecular formula is C25H23NS. The van der Waals surface area contributed by atoms with E-state index in [4.69, 9.17) is 18.4 Å². The van der Waals surface area contributed by atoms with E-state index in [9.17, 15) is 0 Å². The van der Waals surface area contributed by atoms with Crippen molar-refractivity contribution in [3.63, 3.8) is 0 Å². The van der Waals surface area contributed by atoms with Crippen molar-refractivity contribution in [1.82, 2.24) is 0 Å². The normalized spacial score (nSPS) is 22.1. The summed E-state index contributed by atoms with van der Waals surface area (Å²) in [6, 6.07) is 29.4. The molecule has 2 heteroatoms. The average Bonchev–Trinajstić information content (AvgIpc) is 2.71. The van der Waals surface area contributed by atoms with Crippen molar-refractivity contribution < 1.29 is 0 Å². The van der Waals surface area contributed by atoms with Gasteiger partial charge in [-0.15, -0.1) is 12.6 Å². The molecule has 3 aromatic carbocycles. The molecule has 4 rings (SSSR count). The summed E-state index contributed by atoms with van der Waals surface area (Å²) in [5.41, 5.74) is 12.1. The number of allylic oxidation sites excluding steroid dienone is 2. The van der Waals surface area contributed by atoms with Crippen molar-refractivity contribution in [3.8, 4) is 11.1 Å². The van der Waals surface area contributed by atoms with Crippen molar-refractivity contribution in [1.29, 1.82) is 0 Å². The SMILES string of the molecule is CC1(N)C(S)=C(c2ccccc2)C=CC1c1cccc(-c2ccccc2)c1. The van der Waals surface area contributed by atoms with Crippen molar-refractivity contribution >= 4 is 18.2 Å². The maximum absolute atomic E-state index is 6.83. The second-order valence-electron chi connectivity index (χ2n) is 7.24. The van der Waals surface area contributed by atoms with Crippen molar-refractivity contribution in [2.45, 2.75) is 18.4 Å². The van der Waals surface area contributed by atoms with Crippen molar-refractivity contribution in [2.24, 2.45) is 5.73 Å². The molecule has 0 aliphatic heterocycles. The molecule has 0 amide bonds. The van der Waals surface area contributed by atoms with Crippen LogP contribution in [-0.2, 0) is 0 Å². The van der Waals surface area contributed by atoms with Crippen LogP contribution >= 0.6 is 12.6 Å². The first-order valence-electron chi connectivity index (χ1n) is 9.19. The number of rotatable bonds is 3. The Morgan fingerprint density at radius 2 is 1.37 bits per heavy atom. The van der Waals surface area contributed by atoms with Gasteiger partial charge in [0.25, 0.3) is 0 Å². The Labute approximate surface area is 166 Å². The van der Waals surface area contributed by atoms with Crippen LogP contribution in [-0.4, -0.2) is 5.54 Å². The molecule has 0 aromatic heterocycles. The smallest absolute Gasteiger partial charge is 0.0549 e. The highest BCUT2D eigenvalue weighted by Gasteiger charge is 2.36. The van der Waals surface area contributed by atoms with Crippen LogP contribution in [0.1, 0.15) is 24.0 Å². The van der Waals surface area contributed by atoms with Crippen LogP contribution in [0.2, 0.25) is 0 Å². The number of hydrogen-bond donors (Lipinski definition) is 2. The van der Waals surface area contributed by atoms with Crippen molar-refractivity contribution in [3.05, 3.63) is 113 Å². The van der Waals surface area contributed by atoms with Gasteiger partial charge in [-0.25, -0.2) is 0 Å². The molecule has 3 aromatic rings. The van der Waals surface area contributed by atoms with Crippen LogP contribution in [0.3, 0.4) is 0 Å². The minimum atomic E-state index is -0.571. The zero-order valence-corrected chi connectivity index (χ0v) is 16.2. The van der Waals surface area contributed by atoms with E-state index in [0.717, 1.165) is 16.0 Å². The van der Waals surface area contributed by atoms with Gasteiger partial charge in [0.05, 0.1) is 5.54 Å². The third-order valence-corrected chi connectivity index (χ3v) is 6.03. The Morgan fingerprint density at radius 3 is 2.04 bits per heavy atom. The largest absolute Gasteiger partial charge is 0.320 e. The first kappa shape index (κ1) is 17.8. The summed E-state index contributed by atoms with van der Waals surface area (Å²) in [5, 5.41) is 0. The van der Waals surface area contributed by atoms with E-state index < -0.39 is 5.54 Å². The number of thiol groups is 1. The molecule has 0 spiro atoms. The topological polar surface area (TPSA) is 26.0 Å². The van der Waals surface area contributed by atoms with Gasteiger partial charge in [-0.05, 0) is 34.8 Å². The highest BCUT2D eigenvalue weighted by molar-refractivity contribution is 7.84. The van der Waals surface area contributed by atoms with Gasteiger partial charge in [-0.1, -0.05) is 97.1 Å². The first-order valence-corrected chi connectivity index (χ1v) is 9.63. The third-order valence-electron chi connectivity index (χ3n) is 5.30. The molecule has 1 aliphatic carbocycles. The molecular weight excluding hydrogens is 346 g/mol. The minimum Gasteiger partial charge on any atom is -0.320 e. The summed E-state index contributed by atoms with van der Waals surface area (Å²) < 4.78 is 0. The Bertz CT molecular complexity index is 1000. The lowest BCUT2D eigenvalue weighted by atomic mass is 9.75. The fraction of sp³-hybridized carbons (Fsp3) is 0.120.